The molecule has 6 unspecified atom stereocenters. The van der Waals surface area contributed by atoms with Gasteiger partial charge in [-0.15, -0.1) is 0 Å². The molecule has 40 nitrogen and oxygen atoms in total. The van der Waals surface area contributed by atoms with Crippen LogP contribution in [-0.2, 0) is 175 Å². The number of carbonyl (C=O) groups is 19. The van der Waals surface area contributed by atoms with Gasteiger partial charge in [0.1, 0.15) is 95.7 Å². The standard InChI is InChI=1S/C21H29NO8.C20H28O7.2C15H26O6.2C14H24O6/c1-5-14(4)20(25)27-9-8-22-21(26)28-13-15-10-16(29-18(23)6-2)12-17(11-15)30-19(24)7-3;1-5-14(4)20(23)25-9-8-24-13-15-10-16(26-18(21)6-2)12-17(11-15)27-19(22)7-3;1-6-12(16)19-9-11(21-13(17)7-2)10-20-14(18)15(4,5)8-3;1-6-12(16)19-9-11(10-20-13(17)7-2)21-14(18)15(4,5)8-3;1-5-10(4)14(17)19-9-11(20-13(16)7-3)8-18-12(15)6-2;1-5-10(4)14(17)20-11(8-18-12(15)6-2)9-19-13(16)7-3/h10-12,14H,5-9,13H2,1-4H3,(H,22,26);10-12,14H,5-9,13H2,1-4H3;2*11H,6-10H2,1-5H3;2*10-11H,5-9H2,1-4H3. The SMILES string of the molecule is CCC(=O)OCC(COC(=O)C(C)(C)CC)OC(=O)CC.CCC(=O)OCC(COC(=O)C(C)CC)OC(=O)CC.CCC(=O)OCC(COC(=O)CC)OC(=O)C(C)(C)CC.CCC(=O)OCC(COC(=O)CC)OC(=O)C(C)CC.CCC(=O)Oc1cc(COC(=O)NCCOC(=O)C(C)CC)cc(OC(=O)CC)c1.CCC(=O)Oc1cc(COCCOC(=O)C(C)CC)cc(OC(=O)CC)c1. The van der Waals surface area contributed by atoms with Gasteiger partial charge in [0.05, 0.1) is 54.3 Å². The van der Waals surface area contributed by atoms with Gasteiger partial charge in [0, 0.05) is 89.2 Å². The van der Waals surface area contributed by atoms with Gasteiger partial charge in [0.2, 0.25) is 0 Å². The molecule has 0 bridgehead atoms. The first kappa shape index (κ1) is 133. The molecule has 0 fully saturated rings. The maximum atomic E-state index is 12.0. The predicted molar refractivity (Wildman–Crippen MR) is 502 cm³/mol. The van der Waals surface area contributed by atoms with Gasteiger partial charge in [-0.2, -0.15) is 0 Å². The number of amides is 1. The zero-order chi connectivity index (χ0) is 107. The Balaban J connectivity index is -0.000000793. The van der Waals surface area contributed by atoms with Crippen LogP contribution in [0.4, 0.5) is 4.79 Å². The van der Waals surface area contributed by atoms with Crippen LogP contribution in [0.25, 0.3) is 0 Å². The molecular weight excluding hydrogens is 1830 g/mol. The van der Waals surface area contributed by atoms with Gasteiger partial charge in [0.15, 0.2) is 24.4 Å². The fourth-order valence-electron chi connectivity index (χ4n) is 8.62. The summed E-state index contributed by atoms with van der Waals surface area (Å²) < 4.78 is 102. The Bertz CT molecular complexity index is 3920. The first-order chi connectivity index (χ1) is 65.6. The number of carbonyl (C=O) groups excluding carboxylic acids is 19. The van der Waals surface area contributed by atoms with Crippen LogP contribution in [-0.4, -0.2) is 217 Å². The van der Waals surface area contributed by atoms with Gasteiger partial charge >= 0.3 is 114 Å². The van der Waals surface area contributed by atoms with Crippen LogP contribution in [0.1, 0.15) is 307 Å². The van der Waals surface area contributed by atoms with Crippen molar-refractivity contribution in [1.29, 1.82) is 0 Å². The molecule has 6 atom stereocenters. The number of ether oxygens (including phenoxy) is 20. The molecule has 792 valence electrons. The van der Waals surface area contributed by atoms with E-state index < -0.39 is 125 Å². The van der Waals surface area contributed by atoms with E-state index in [0.29, 0.717) is 43.2 Å². The molecule has 0 radical (unpaired) electrons. The largest absolute Gasteiger partial charge is 0.464 e. The Morgan fingerprint density at radius 3 is 0.820 bits per heavy atom. The third-order valence-electron chi connectivity index (χ3n) is 19.5. The monoisotopic (exact) mass is 1980 g/mol. The van der Waals surface area contributed by atoms with E-state index in [9.17, 15) is 91.1 Å². The van der Waals surface area contributed by atoms with Crippen LogP contribution in [0.2, 0.25) is 0 Å². The summed E-state index contributed by atoms with van der Waals surface area (Å²) in [5.74, 6) is -6.87. The molecule has 2 aromatic carbocycles. The lowest BCUT2D eigenvalue weighted by Crippen LogP contribution is -2.35. The smallest absolute Gasteiger partial charge is 0.407 e. The minimum absolute atomic E-state index is 0.0395. The lowest BCUT2D eigenvalue weighted by molar-refractivity contribution is -0.173. The minimum Gasteiger partial charge on any atom is -0.464 e. The summed E-state index contributed by atoms with van der Waals surface area (Å²) in [4.78, 5) is 218. The molecule has 0 aliphatic rings. The van der Waals surface area contributed by atoms with E-state index in [1.807, 2.05) is 48.5 Å². The summed E-state index contributed by atoms with van der Waals surface area (Å²) in [5, 5.41) is 2.47. The highest BCUT2D eigenvalue weighted by atomic mass is 16.6. The Kier molecular flexibility index (Phi) is 75.8. The van der Waals surface area contributed by atoms with E-state index in [0.717, 1.165) is 6.42 Å². The van der Waals surface area contributed by atoms with Crippen LogP contribution < -0.4 is 24.3 Å². The Hall–Kier alpha value is -11.9. The van der Waals surface area contributed by atoms with Crippen LogP contribution >= 0.6 is 0 Å². The summed E-state index contributed by atoms with van der Waals surface area (Å²) in [5.41, 5.74) is -0.0986. The molecule has 0 spiro atoms. The van der Waals surface area contributed by atoms with Gasteiger partial charge in [-0.05, 0) is 102 Å². The predicted octanol–water partition coefficient (Wildman–Crippen LogP) is 14.7. The van der Waals surface area contributed by atoms with Crippen molar-refractivity contribution in [1.82, 2.24) is 5.32 Å². The third kappa shape index (κ3) is 67.1. The van der Waals surface area contributed by atoms with Gasteiger partial charge in [-0.3, -0.25) is 86.3 Å². The van der Waals surface area contributed by atoms with Crippen LogP contribution in [0, 0.1) is 34.5 Å². The molecule has 1 amide bonds. The van der Waals surface area contributed by atoms with E-state index in [-0.39, 0.29) is 240 Å². The molecule has 0 aliphatic carbocycles. The Morgan fingerprint density at radius 2 is 0.518 bits per heavy atom. The molecule has 0 aliphatic heterocycles. The van der Waals surface area contributed by atoms with Crippen molar-refractivity contribution in [3.05, 3.63) is 47.5 Å². The van der Waals surface area contributed by atoms with Gasteiger partial charge in [0.25, 0.3) is 0 Å². The first-order valence-corrected chi connectivity index (χ1v) is 47.6. The lowest BCUT2D eigenvalue weighted by atomic mass is 9.90. The molecule has 0 aromatic heterocycles. The maximum Gasteiger partial charge on any atom is 0.407 e. The van der Waals surface area contributed by atoms with Crippen LogP contribution in [0.3, 0.4) is 0 Å². The van der Waals surface area contributed by atoms with Gasteiger partial charge in [-0.1, -0.05) is 152 Å². The molecule has 1 N–H and O–H groups in total. The summed E-state index contributed by atoms with van der Waals surface area (Å²) in [6, 6.07) is 9.20. The average Bonchev–Trinajstić information content (AvgIpc) is 0.858. The van der Waals surface area contributed by atoms with Gasteiger partial charge in [-0.25, -0.2) is 4.79 Å². The van der Waals surface area contributed by atoms with Crippen molar-refractivity contribution in [3.63, 3.8) is 0 Å². The molecule has 0 saturated carbocycles. The second kappa shape index (κ2) is 79.0. The highest BCUT2D eigenvalue weighted by Crippen LogP contribution is 2.28. The zero-order valence-corrected chi connectivity index (χ0v) is 86.6. The van der Waals surface area contributed by atoms with Crippen molar-refractivity contribution in [2.45, 2.75) is 333 Å². The number of hydrogen-bond donors (Lipinski definition) is 1. The van der Waals surface area contributed by atoms with E-state index in [4.69, 9.17) is 94.7 Å². The topological polar surface area (TPSA) is 521 Å². The first-order valence-electron chi connectivity index (χ1n) is 47.6. The molecule has 40 heteroatoms. The van der Waals surface area contributed by atoms with Crippen molar-refractivity contribution >= 4 is 114 Å². The van der Waals surface area contributed by atoms with Crippen molar-refractivity contribution in [2.24, 2.45) is 34.5 Å². The van der Waals surface area contributed by atoms with Crippen molar-refractivity contribution < 1.29 is 186 Å². The fourth-order valence-corrected chi connectivity index (χ4v) is 8.62. The Morgan fingerprint density at radius 1 is 0.259 bits per heavy atom. The lowest BCUT2D eigenvalue weighted by Gasteiger charge is -2.25. The molecule has 2 aromatic rings. The van der Waals surface area contributed by atoms with E-state index in [1.165, 1.54) is 24.3 Å². The quantitative estimate of drug-likeness (QED) is 0.0278. The number of benzene rings is 2. The van der Waals surface area contributed by atoms with E-state index in [1.54, 1.807) is 144 Å². The molecule has 0 saturated heterocycles. The number of nitrogens with one attached hydrogen (secondary N) is 1. The maximum absolute atomic E-state index is 12.0. The van der Waals surface area contributed by atoms with Gasteiger partial charge < -0.3 is 100 Å². The van der Waals surface area contributed by atoms with E-state index in [2.05, 4.69) is 5.32 Å². The Labute approximate surface area is 818 Å². The second-order valence-electron chi connectivity index (χ2n) is 32.0. The third-order valence-corrected chi connectivity index (χ3v) is 19.5. The summed E-state index contributed by atoms with van der Waals surface area (Å²) >= 11 is 0. The minimum atomic E-state index is -0.783. The number of hydrogen-bond acceptors (Lipinski definition) is 39. The second-order valence-corrected chi connectivity index (χ2v) is 32.0. The zero-order valence-electron chi connectivity index (χ0n) is 86.6. The summed E-state index contributed by atoms with van der Waals surface area (Å²) in [6.07, 6.45) is 2.80. The number of alkyl carbamates (subject to hydrolysis) is 1. The van der Waals surface area contributed by atoms with E-state index >= 15 is 0 Å². The highest BCUT2D eigenvalue weighted by Gasteiger charge is 2.33. The molecule has 139 heavy (non-hydrogen) atoms. The molecule has 2 rings (SSSR count). The van der Waals surface area contributed by atoms with Crippen LogP contribution in [0.15, 0.2) is 36.4 Å². The fraction of sp³-hybridized carbons (Fsp3) is 0.687. The number of esters is 18. The molecular formula is C99H157NO39. The molecule has 0 heterocycles. The number of rotatable bonds is 58. The summed E-state index contributed by atoms with van der Waals surface area (Å²) in [6.45, 7) is 45.2. The van der Waals surface area contributed by atoms with Crippen molar-refractivity contribution in [3.8, 4) is 23.0 Å². The van der Waals surface area contributed by atoms with Crippen molar-refractivity contribution in [2.75, 3.05) is 79.2 Å². The van der Waals surface area contributed by atoms with Crippen LogP contribution in [0.5, 0.6) is 23.0 Å². The highest BCUT2D eigenvalue weighted by molar-refractivity contribution is 5.79. The normalized spacial score (nSPS) is 11.8. The average molecular weight is 1990 g/mol. The summed E-state index contributed by atoms with van der Waals surface area (Å²) in [7, 11) is 0.